The van der Waals surface area contributed by atoms with Crippen molar-refractivity contribution in [2.45, 2.75) is 63.2 Å². The van der Waals surface area contributed by atoms with Gasteiger partial charge in [-0.15, -0.1) is 5.14 Å². The number of aryl methyl sites for hydroxylation is 1. The van der Waals surface area contributed by atoms with Crippen molar-refractivity contribution in [3.8, 4) is 10.4 Å². The van der Waals surface area contributed by atoms with Gasteiger partial charge >= 0.3 is 11.9 Å². The van der Waals surface area contributed by atoms with Crippen LogP contribution in [0.15, 0.2) is 21.7 Å². The summed E-state index contributed by atoms with van der Waals surface area (Å²) in [7, 11) is -1.11. The van der Waals surface area contributed by atoms with Crippen LogP contribution in [-0.2, 0) is 6.42 Å². The first kappa shape index (κ1) is 22.3. The van der Waals surface area contributed by atoms with Crippen LogP contribution in [0.25, 0.3) is 21.3 Å². The Morgan fingerprint density at radius 3 is 2.55 bits per heavy atom. The van der Waals surface area contributed by atoms with E-state index in [1.54, 1.807) is 13.0 Å². The Labute approximate surface area is 188 Å². The van der Waals surface area contributed by atoms with Gasteiger partial charge in [0.05, 0.1) is 27.1 Å². The van der Waals surface area contributed by atoms with E-state index in [0.717, 1.165) is 18.9 Å². The Morgan fingerprint density at radius 2 is 1.91 bits per heavy atom. The van der Waals surface area contributed by atoms with Crippen LogP contribution in [0.4, 0.5) is 17.6 Å². The molecule has 1 aromatic carbocycles. The Bertz CT molecular complexity index is 1400. The van der Waals surface area contributed by atoms with Crippen LogP contribution in [0.1, 0.15) is 53.6 Å². The van der Waals surface area contributed by atoms with Crippen molar-refractivity contribution in [2.75, 3.05) is 5.14 Å². The molecule has 3 aromatic rings. The zero-order valence-corrected chi connectivity index (χ0v) is 18.6. The van der Waals surface area contributed by atoms with Crippen molar-refractivity contribution < 1.29 is 17.6 Å². The molecule has 5 rings (SSSR count). The molecule has 2 aliphatic rings. The molecule has 2 aromatic heterocycles. The summed E-state index contributed by atoms with van der Waals surface area (Å²) in [4.78, 5) is 28.2. The van der Waals surface area contributed by atoms with E-state index in [4.69, 9.17) is 10.9 Å². The number of alkyl halides is 3. The van der Waals surface area contributed by atoms with Gasteiger partial charge in [0.15, 0.2) is 4.88 Å². The van der Waals surface area contributed by atoms with E-state index in [1.165, 1.54) is 4.57 Å². The van der Waals surface area contributed by atoms with Crippen molar-refractivity contribution >= 4 is 21.6 Å². The number of aromatic nitrogens is 2. The van der Waals surface area contributed by atoms with E-state index >= 15 is 4.39 Å². The molecule has 0 spiro atoms. The molecule has 0 radical (unpaired) electrons. The van der Waals surface area contributed by atoms with Crippen LogP contribution in [0.3, 0.4) is 0 Å². The van der Waals surface area contributed by atoms with Crippen molar-refractivity contribution in [3.05, 3.63) is 54.8 Å². The van der Waals surface area contributed by atoms with Crippen molar-refractivity contribution in [1.82, 2.24) is 9.55 Å². The zero-order chi connectivity index (χ0) is 23.8. The number of benzene rings is 1. The molecule has 2 aliphatic carbocycles. The van der Waals surface area contributed by atoms with Crippen LogP contribution in [-0.4, -0.2) is 21.8 Å². The monoisotopic (exact) mass is 483 g/mol. The number of nitrogens with two attached hydrogens (primary N) is 2. The first-order valence-corrected chi connectivity index (χ1v) is 12.0. The van der Waals surface area contributed by atoms with E-state index in [1.807, 2.05) is 0 Å². The topological polar surface area (TPSA) is 107 Å². The van der Waals surface area contributed by atoms with Crippen LogP contribution in [0.5, 0.6) is 0 Å². The summed E-state index contributed by atoms with van der Waals surface area (Å²) >= 11 is 0. The number of hydrogen-bond donors (Lipinski definition) is 3. The maximum Gasteiger partial charge on any atom is 0.404 e. The lowest BCUT2D eigenvalue weighted by Crippen LogP contribution is -2.43. The SMILES string of the molecule is Cc1c(-c2cc3c([s+]2N)CCCC3C(N)C(F)(F)F)c(F)cc2c(=O)[nH]c(=O)n(C3CC3)c12. The molecule has 176 valence electrons. The van der Waals surface area contributed by atoms with Crippen LogP contribution >= 0.6 is 10.7 Å². The number of fused-ring (bicyclic) bond motifs is 2. The predicted octanol–water partition coefficient (Wildman–Crippen LogP) is 3.91. The molecule has 11 heteroatoms. The quantitative estimate of drug-likeness (QED) is 0.388. The van der Waals surface area contributed by atoms with Gasteiger partial charge in [-0.3, -0.25) is 14.3 Å². The molecule has 2 heterocycles. The molecule has 0 aliphatic heterocycles. The zero-order valence-electron chi connectivity index (χ0n) is 17.8. The lowest BCUT2D eigenvalue weighted by Gasteiger charge is -2.27. The molecule has 0 bridgehead atoms. The average molecular weight is 484 g/mol. The number of halogens is 4. The van der Waals surface area contributed by atoms with Gasteiger partial charge in [-0.05, 0) is 44.2 Å². The molecule has 0 saturated heterocycles. The third kappa shape index (κ3) is 3.44. The number of nitrogens with one attached hydrogen (secondary N) is 1. The fraction of sp³-hybridized carbons (Fsp3) is 0.455. The second-order valence-electron chi connectivity index (χ2n) is 8.91. The number of nitrogens with zero attached hydrogens (tertiary/aromatic N) is 1. The van der Waals surface area contributed by atoms with Gasteiger partial charge in [0.1, 0.15) is 11.9 Å². The third-order valence-electron chi connectivity index (χ3n) is 6.82. The highest BCUT2D eigenvalue weighted by atomic mass is 32.2. The van der Waals surface area contributed by atoms with Gasteiger partial charge < -0.3 is 5.73 Å². The maximum atomic E-state index is 15.4. The standard InChI is InChI=1S/C22H22F4N4O2S/c1-9-17(14(23)7-13-18(9)30(10-5-6-10)21(32)29-20(13)31)16-8-12-11(19(27)22(24,25)26)3-2-4-15(12)33(16)28/h7-8,10-11,19H,2-6,27-28H2,1H3/p+1. The van der Waals surface area contributed by atoms with E-state index < -0.39 is 45.9 Å². The number of H-pyrrole nitrogens is 1. The number of nitrogen functional groups attached to an aromatic ring is 1. The first-order valence-electron chi connectivity index (χ1n) is 10.7. The van der Waals surface area contributed by atoms with E-state index in [9.17, 15) is 22.8 Å². The number of thiophene rings is 1. The highest BCUT2D eigenvalue weighted by molar-refractivity contribution is 7.34. The third-order valence-corrected chi connectivity index (χ3v) is 8.59. The maximum absolute atomic E-state index is 15.4. The van der Waals surface area contributed by atoms with Crippen LogP contribution in [0, 0.1) is 12.7 Å². The minimum atomic E-state index is -4.56. The van der Waals surface area contributed by atoms with Gasteiger partial charge in [0.2, 0.25) is 4.88 Å². The summed E-state index contributed by atoms with van der Waals surface area (Å²) in [5, 5.41) is 6.53. The minimum Gasteiger partial charge on any atom is -0.320 e. The second-order valence-corrected chi connectivity index (χ2v) is 10.5. The lowest BCUT2D eigenvalue weighted by molar-refractivity contribution is -0.153. The fourth-order valence-electron chi connectivity index (χ4n) is 5.09. The smallest absolute Gasteiger partial charge is 0.320 e. The molecular formula is C22H23F4N4O2S+. The molecule has 3 atom stereocenters. The fourth-order valence-corrected chi connectivity index (χ4v) is 6.91. The Balaban J connectivity index is 1.76. The highest BCUT2D eigenvalue weighted by Crippen LogP contribution is 2.49. The molecule has 6 nitrogen and oxygen atoms in total. The Morgan fingerprint density at radius 1 is 1.21 bits per heavy atom. The molecular weight excluding hydrogens is 460 g/mol. The van der Waals surface area contributed by atoms with Gasteiger partial charge in [0.25, 0.3) is 5.56 Å². The molecule has 1 saturated carbocycles. The summed E-state index contributed by atoms with van der Waals surface area (Å²) < 4.78 is 57.1. The number of aromatic amines is 1. The second kappa shape index (κ2) is 7.51. The molecule has 5 N–H and O–H groups in total. The summed E-state index contributed by atoms with van der Waals surface area (Å²) in [6, 6.07) is 0.528. The van der Waals surface area contributed by atoms with E-state index in [-0.39, 0.29) is 23.4 Å². The van der Waals surface area contributed by atoms with Crippen molar-refractivity contribution in [2.24, 2.45) is 5.73 Å². The predicted molar refractivity (Wildman–Crippen MR) is 120 cm³/mol. The number of hydrogen-bond acceptors (Lipinski definition) is 4. The molecule has 0 amide bonds. The van der Waals surface area contributed by atoms with E-state index in [0.29, 0.717) is 39.2 Å². The Kier molecular flexibility index (Phi) is 5.07. The largest absolute Gasteiger partial charge is 0.404 e. The van der Waals surface area contributed by atoms with Gasteiger partial charge in [-0.25, -0.2) is 9.18 Å². The Hall–Kier alpha value is -2.50. The van der Waals surface area contributed by atoms with Crippen molar-refractivity contribution in [3.63, 3.8) is 0 Å². The summed E-state index contributed by atoms with van der Waals surface area (Å²) in [5.74, 6) is -1.64. The van der Waals surface area contributed by atoms with Gasteiger partial charge in [0, 0.05) is 30.0 Å². The molecule has 1 fully saturated rings. The average Bonchev–Trinajstić information content (AvgIpc) is 3.52. The van der Waals surface area contributed by atoms with E-state index in [2.05, 4.69) is 4.98 Å². The number of rotatable bonds is 3. The van der Waals surface area contributed by atoms with Crippen LogP contribution < -0.4 is 22.1 Å². The highest BCUT2D eigenvalue weighted by Gasteiger charge is 2.46. The van der Waals surface area contributed by atoms with Crippen LogP contribution in [0.2, 0.25) is 0 Å². The summed E-state index contributed by atoms with van der Waals surface area (Å²) in [5.41, 5.74) is 5.63. The van der Waals surface area contributed by atoms with Crippen molar-refractivity contribution in [1.29, 1.82) is 0 Å². The lowest BCUT2D eigenvalue weighted by atomic mass is 9.82. The first-order chi connectivity index (χ1) is 15.5. The summed E-state index contributed by atoms with van der Waals surface area (Å²) in [6.07, 6.45) is -1.71. The van der Waals surface area contributed by atoms with Gasteiger partial charge in [-0.2, -0.15) is 13.2 Å². The molecule has 3 unspecified atom stereocenters. The minimum absolute atomic E-state index is 0.0606. The van der Waals surface area contributed by atoms with Gasteiger partial charge in [-0.1, -0.05) is 0 Å². The molecule has 33 heavy (non-hydrogen) atoms. The normalized spacial score (nSPS) is 20.2. The summed E-state index contributed by atoms with van der Waals surface area (Å²) in [6.45, 7) is 1.62.